The normalized spacial score (nSPS) is 46.0. The SMILES string of the molecule is CC1(C)CC2CC1CN2. The molecule has 1 heterocycles. The van der Waals surface area contributed by atoms with Gasteiger partial charge in [-0.25, -0.2) is 0 Å². The van der Waals surface area contributed by atoms with Crippen molar-refractivity contribution in [3.05, 3.63) is 0 Å². The largest absolute Gasteiger partial charge is 0.314 e. The van der Waals surface area contributed by atoms with Crippen molar-refractivity contribution in [1.29, 1.82) is 0 Å². The van der Waals surface area contributed by atoms with E-state index in [1.807, 2.05) is 0 Å². The van der Waals surface area contributed by atoms with Gasteiger partial charge in [-0.15, -0.1) is 0 Å². The van der Waals surface area contributed by atoms with E-state index in [1.54, 1.807) is 0 Å². The van der Waals surface area contributed by atoms with E-state index in [-0.39, 0.29) is 0 Å². The molecule has 2 rings (SSSR count). The van der Waals surface area contributed by atoms with Gasteiger partial charge in [0, 0.05) is 6.04 Å². The molecule has 0 aromatic carbocycles. The van der Waals surface area contributed by atoms with Crippen molar-refractivity contribution in [2.75, 3.05) is 6.54 Å². The Bertz CT molecular complexity index is 129. The van der Waals surface area contributed by atoms with Crippen LogP contribution < -0.4 is 5.32 Å². The second-order valence-electron chi connectivity index (χ2n) is 4.23. The maximum Gasteiger partial charge on any atom is 0.00756 e. The Morgan fingerprint density at radius 2 is 2.22 bits per heavy atom. The molecular weight excluding hydrogens is 110 g/mol. The Morgan fingerprint density at radius 1 is 1.44 bits per heavy atom. The van der Waals surface area contributed by atoms with Crippen LogP contribution in [0.2, 0.25) is 0 Å². The van der Waals surface area contributed by atoms with Crippen LogP contribution in [0, 0.1) is 11.3 Å². The van der Waals surface area contributed by atoms with Gasteiger partial charge >= 0.3 is 0 Å². The third-order valence-electron chi connectivity index (χ3n) is 3.10. The minimum Gasteiger partial charge on any atom is -0.314 e. The van der Waals surface area contributed by atoms with E-state index in [0.29, 0.717) is 5.41 Å². The molecular formula is C8H15N. The van der Waals surface area contributed by atoms with Gasteiger partial charge in [0.2, 0.25) is 0 Å². The molecule has 1 nitrogen and oxygen atoms in total. The highest BCUT2D eigenvalue weighted by molar-refractivity contribution is 4.99. The van der Waals surface area contributed by atoms with E-state index in [9.17, 15) is 0 Å². The fourth-order valence-corrected chi connectivity index (χ4v) is 2.37. The predicted molar refractivity (Wildman–Crippen MR) is 38.3 cm³/mol. The van der Waals surface area contributed by atoms with Gasteiger partial charge in [0.25, 0.3) is 0 Å². The third-order valence-corrected chi connectivity index (χ3v) is 3.10. The van der Waals surface area contributed by atoms with Crippen LogP contribution in [0.5, 0.6) is 0 Å². The molecule has 0 radical (unpaired) electrons. The number of hydrogen-bond acceptors (Lipinski definition) is 1. The van der Waals surface area contributed by atoms with Gasteiger partial charge in [0.1, 0.15) is 0 Å². The van der Waals surface area contributed by atoms with Gasteiger partial charge in [-0.3, -0.25) is 0 Å². The van der Waals surface area contributed by atoms with Gasteiger partial charge in [0.15, 0.2) is 0 Å². The first-order chi connectivity index (χ1) is 4.18. The van der Waals surface area contributed by atoms with E-state index in [2.05, 4.69) is 19.2 Å². The summed E-state index contributed by atoms with van der Waals surface area (Å²) in [7, 11) is 0. The van der Waals surface area contributed by atoms with Crippen LogP contribution in [-0.4, -0.2) is 12.6 Å². The third kappa shape index (κ3) is 0.710. The average Bonchev–Trinajstić information content (AvgIpc) is 2.19. The molecule has 1 aliphatic heterocycles. The van der Waals surface area contributed by atoms with Crippen molar-refractivity contribution in [2.24, 2.45) is 11.3 Å². The standard InChI is InChI=1S/C8H15N/c1-8(2)4-7-3-6(8)5-9-7/h6-7,9H,3-5H2,1-2H3. The van der Waals surface area contributed by atoms with E-state index in [4.69, 9.17) is 0 Å². The van der Waals surface area contributed by atoms with Gasteiger partial charge in [-0.1, -0.05) is 13.8 Å². The van der Waals surface area contributed by atoms with Crippen LogP contribution in [-0.2, 0) is 0 Å². The first-order valence-corrected chi connectivity index (χ1v) is 3.92. The van der Waals surface area contributed by atoms with Crippen LogP contribution >= 0.6 is 0 Å². The molecule has 0 aromatic rings. The first-order valence-electron chi connectivity index (χ1n) is 3.92. The zero-order valence-electron chi connectivity index (χ0n) is 6.28. The quantitative estimate of drug-likeness (QED) is 0.516. The molecule has 2 fully saturated rings. The molecule has 0 spiro atoms. The topological polar surface area (TPSA) is 12.0 Å². The maximum absolute atomic E-state index is 3.51. The van der Waals surface area contributed by atoms with Crippen molar-refractivity contribution in [3.63, 3.8) is 0 Å². The van der Waals surface area contributed by atoms with Crippen molar-refractivity contribution in [3.8, 4) is 0 Å². The summed E-state index contributed by atoms with van der Waals surface area (Å²) in [4.78, 5) is 0. The highest BCUT2D eigenvalue weighted by Gasteiger charge is 2.44. The highest BCUT2D eigenvalue weighted by Crippen LogP contribution is 2.45. The average molecular weight is 125 g/mol. The molecule has 0 aromatic heterocycles. The number of fused-ring (bicyclic) bond motifs is 2. The van der Waals surface area contributed by atoms with Crippen LogP contribution in [0.3, 0.4) is 0 Å². The molecule has 2 bridgehead atoms. The van der Waals surface area contributed by atoms with Gasteiger partial charge in [-0.05, 0) is 30.7 Å². The molecule has 1 aliphatic carbocycles. The summed E-state index contributed by atoms with van der Waals surface area (Å²) >= 11 is 0. The first kappa shape index (κ1) is 5.72. The molecule has 1 heteroatoms. The lowest BCUT2D eigenvalue weighted by Crippen LogP contribution is -2.34. The fourth-order valence-electron chi connectivity index (χ4n) is 2.37. The lowest BCUT2D eigenvalue weighted by molar-refractivity contribution is 0.232. The molecule has 2 atom stereocenters. The van der Waals surface area contributed by atoms with Crippen LogP contribution in [0.25, 0.3) is 0 Å². The summed E-state index contributed by atoms with van der Waals surface area (Å²) in [5, 5.41) is 3.51. The van der Waals surface area contributed by atoms with Crippen molar-refractivity contribution < 1.29 is 0 Å². The second kappa shape index (κ2) is 1.51. The Morgan fingerprint density at radius 3 is 2.44 bits per heavy atom. The summed E-state index contributed by atoms with van der Waals surface area (Å²) in [6.45, 7) is 6.08. The van der Waals surface area contributed by atoms with Crippen LogP contribution in [0.1, 0.15) is 26.7 Å². The summed E-state index contributed by atoms with van der Waals surface area (Å²) in [6.07, 6.45) is 2.84. The zero-order chi connectivity index (χ0) is 6.48. The Hall–Kier alpha value is -0.0400. The summed E-state index contributed by atoms with van der Waals surface area (Å²) in [5.74, 6) is 0.975. The Labute approximate surface area is 56.8 Å². The Kier molecular flexibility index (Phi) is 0.963. The lowest BCUT2D eigenvalue weighted by Gasteiger charge is -2.29. The number of piperidine rings is 1. The van der Waals surface area contributed by atoms with Gasteiger partial charge in [-0.2, -0.15) is 0 Å². The molecule has 9 heavy (non-hydrogen) atoms. The minimum atomic E-state index is 0.649. The van der Waals surface area contributed by atoms with E-state index < -0.39 is 0 Å². The summed E-state index contributed by atoms with van der Waals surface area (Å²) < 4.78 is 0. The number of hydrogen-bond donors (Lipinski definition) is 1. The van der Waals surface area contributed by atoms with Gasteiger partial charge < -0.3 is 5.32 Å². The Balaban J connectivity index is 2.18. The van der Waals surface area contributed by atoms with Crippen molar-refractivity contribution in [2.45, 2.75) is 32.7 Å². The number of rotatable bonds is 0. The molecule has 1 saturated heterocycles. The zero-order valence-corrected chi connectivity index (χ0v) is 6.28. The van der Waals surface area contributed by atoms with Crippen LogP contribution in [0.15, 0.2) is 0 Å². The van der Waals surface area contributed by atoms with Crippen LogP contribution in [0.4, 0.5) is 0 Å². The lowest BCUT2D eigenvalue weighted by atomic mass is 9.81. The molecule has 52 valence electrons. The molecule has 1 N–H and O–H groups in total. The summed E-state index contributed by atoms with van der Waals surface area (Å²) in [5.41, 5.74) is 0.649. The highest BCUT2D eigenvalue weighted by atomic mass is 15.0. The monoisotopic (exact) mass is 125 g/mol. The van der Waals surface area contributed by atoms with Crippen molar-refractivity contribution >= 4 is 0 Å². The van der Waals surface area contributed by atoms with E-state index in [0.717, 1.165) is 12.0 Å². The maximum atomic E-state index is 3.51. The second-order valence-corrected chi connectivity index (χ2v) is 4.23. The molecule has 2 unspecified atom stereocenters. The number of nitrogens with one attached hydrogen (secondary N) is 1. The van der Waals surface area contributed by atoms with E-state index >= 15 is 0 Å². The molecule has 0 amide bonds. The summed E-state index contributed by atoms with van der Waals surface area (Å²) in [6, 6.07) is 0.866. The molecule has 1 saturated carbocycles. The molecule has 2 aliphatic rings. The van der Waals surface area contributed by atoms with Gasteiger partial charge in [0.05, 0.1) is 0 Å². The smallest absolute Gasteiger partial charge is 0.00756 e. The van der Waals surface area contributed by atoms with E-state index in [1.165, 1.54) is 19.4 Å². The fraction of sp³-hybridized carbons (Fsp3) is 1.00. The minimum absolute atomic E-state index is 0.649. The van der Waals surface area contributed by atoms with Crippen molar-refractivity contribution in [1.82, 2.24) is 5.32 Å². The predicted octanol–water partition coefficient (Wildman–Crippen LogP) is 1.39.